The van der Waals surface area contributed by atoms with Crippen LogP contribution in [0.1, 0.15) is 0 Å². The summed E-state index contributed by atoms with van der Waals surface area (Å²) in [6.45, 7) is 0. The molecule has 0 spiro atoms. The molecule has 9 heteroatoms. The minimum atomic E-state index is -6.17. The number of nitriles is 6. The van der Waals surface area contributed by atoms with Gasteiger partial charge < -0.3 is 0 Å². The standard InChI is InChI=1S/6CN.2Cu.Fe/c6*1-2;;;/q;;;;;;2*+1;-2. The molecule has 0 aromatic heterocycles. The van der Waals surface area contributed by atoms with Crippen molar-refractivity contribution in [2.45, 2.75) is 0 Å². The van der Waals surface area contributed by atoms with Crippen LogP contribution in [0.5, 0.6) is 0 Å². The van der Waals surface area contributed by atoms with E-state index in [0.717, 1.165) is 29.8 Å². The quantitative estimate of drug-likeness (QED) is 0.572. The van der Waals surface area contributed by atoms with Gasteiger partial charge in [-0.1, -0.05) is 0 Å². The Labute approximate surface area is 106 Å². The summed E-state index contributed by atoms with van der Waals surface area (Å²) in [4.78, 5) is 6.19. The third-order valence-electron chi connectivity index (χ3n) is 1.19. The first-order valence-electron chi connectivity index (χ1n) is 2.40. The Morgan fingerprint density at radius 1 is 0.467 bits per heavy atom. The van der Waals surface area contributed by atoms with E-state index in [2.05, 4.69) is 0 Å². The molecule has 0 amide bonds. The predicted molar refractivity (Wildman–Crippen MR) is 33.7 cm³/mol. The van der Waals surface area contributed by atoms with E-state index in [9.17, 15) is 0 Å². The van der Waals surface area contributed by atoms with E-state index in [1.165, 1.54) is 0 Å². The van der Waals surface area contributed by atoms with E-state index in [4.69, 9.17) is 31.6 Å². The summed E-state index contributed by atoms with van der Waals surface area (Å²) >= 11 is 0. The summed E-state index contributed by atoms with van der Waals surface area (Å²) in [5.74, 6) is 0. The second-order valence-electron chi connectivity index (χ2n) is 1.80. The average Bonchev–Trinajstić information content (AvgIpc) is 2.26. The van der Waals surface area contributed by atoms with Crippen LogP contribution in [0.15, 0.2) is 0 Å². The van der Waals surface area contributed by atoms with Crippen molar-refractivity contribution >= 4 is 0 Å². The van der Waals surface area contributed by atoms with Crippen LogP contribution in [0.2, 0.25) is 0 Å². The van der Waals surface area contributed by atoms with Gasteiger partial charge in [0, 0.05) is 0 Å². The Hall–Kier alpha value is -1.50. The van der Waals surface area contributed by atoms with Crippen molar-refractivity contribution in [3.8, 4) is 29.8 Å². The Morgan fingerprint density at radius 2 is 0.600 bits per heavy atom. The second-order valence-corrected chi connectivity index (χ2v) is 7.42. The number of hydrogen-bond donors (Lipinski definition) is 0. The zero-order valence-corrected chi connectivity index (χ0v) is 9.63. The molecule has 0 aliphatic rings. The first-order chi connectivity index (χ1) is 5.97. The van der Waals surface area contributed by atoms with Crippen molar-refractivity contribution in [1.29, 1.82) is 31.6 Å². The molecular weight excluding hydrogens is 339 g/mol. The summed E-state index contributed by atoms with van der Waals surface area (Å²) in [5, 5.41) is 51.5. The van der Waals surface area contributed by atoms with Crippen molar-refractivity contribution in [2.24, 2.45) is 0 Å². The van der Waals surface area contributed by atoms with Crippen molar-refractivity contribution < 1.29 is 44.9 Å². The van der Waals surface area contributed by atoms with Gasteiger partial charge in [-0.25, -0.2) is 0 Å². The van der Waals surface area contributed by atoms with Crippen LogP contribution < -0.4 is 0 Å². The van der Waals surface area contributed by atoms with Gasteiger partial charge in [0.25, 0.3) is 0 Å². The fourth-order valence-electron chi connectivity index (χ4n) is 0.265. The molecule has 84 valence electrons. The van der Waals surface area contributed by atoms with Gasteiger partial charge in [-0.15, -0.1) is 0 Å². The molecule has 0 rings (SSSR count). The van der Waals surface area contributed by atoms with E-state index < -0.39 is 10.7 Å². The Bertz CT molecular complexity index is 395. The molecular formula is C6Cu2FeN6. The molecule has 0 fully saturated rings. The Morgan fingerprint density at radius 3 is 0.600 bits per heavy atom. The SMILES string of the molecule is N#[C][Fe-2]([C]#N)([C]#N)([C]#N)([C]#N)[C]#N.[Cu+].[Cu+]. The van der Waals surface area contributed by atoms with Crippen LogP contribution in [-0.4, -0.2) is 0 Å². The number of rotatable bonds is 0. The summed E-state index contributed by atoms with van der Waals surface area (Å²) in [6.07, 6.45) is 0. The van der Waals surface area contributed by atoms with Crippen LogP contribution in [0.3, 0.4) is 0 Å². The third-order valence-corrected chi connectivity index (χ3v) is 4.89. The minimum absolute atomic E-state index is 0. The molecule has 0 aliphatic heterocycles. The van der Waals surface area contributed by atoms with Gasteiger partial charge >= 0.3 is 106 Å². The maximum Gasteiger partial charge on any atom is 1.00 e. The van der Waals surface area contributed by atoms with E-state index in [0.29, 0.717) is 0 Å². The van der Waals surface area contributed by atoms with Crippen molar-refractivity contribution in [3.05, 3.63) is 0 Å². The minimum Gasteiger partial charge on any atom is 1.00 e. The molecule has 0 radical (unpaired) electrons. The first-order valence-corrected chi connectivity index (χ1v) is 5.71. The topological polar surface area (TPSA) is 143 Å². The maximum absolute atomic E-state index is 8.58. The van der Waals surface area contributed by atoms with Crippen LogP contribution >= 0.6 is 0 Å². The van der Waals surface area contributed by atoms with Gasteiger partial charge in [0.1, 0.15) is 0 Å². The van der Waals surface area contributed by atoms with Crippen molar-refractivity contribution in [3.63, 3.8) is 0 Å². The molecule has 0 atom stereocenters. The normalized spacial score (nSPS) is 11.6. The molecule has 0 bridgehead atoms. The largest absolute Gasteiger partial charge is 1.00 e. The maximum atomic E-state index is 8.58. The summed E-state index contributed by atoms with van der Waals surface area (Å²) in [6, 6.07) is 0. The molecule has 0 N–H and O–H groups in total. The van der Waals surface area contributed by atoms with Crippen molar-refractivity contribution in [2.75, 3.05) is 0 Å². The monoisotopic (exact) mass is 338 g/mol. The van der Waals surface area contributed by atoms with Crippen LogP contribution in [-0.2, 0) is 44.9 Å². The Kier molecular flexibility index (Phi) is 5.54. The smallest absolute Gasteiger partial charge is 1.00 e. The molecule has 0 saturated carbocycles. The van der Waals surface area contributed by atoms with E-state index in [1.54, 1.807) is 0 Å². The fraction of sp³-hybridized carbons (Fsp3) is 0. The van der Waals surface area contributed by atoms with Gasteiger partial charge in [0.05, 0.1) is 0 Å². The molecule has 0 aromatic carbocycles. The zero-order chi connectivity index (χ0) is 10.7. The molecule has 0 saturated heterocycles. The number of nitrogens with zero attached hydrogens (tertiary/aromatic N) is 6. The average molecular weight is 339 g/mol. The summed E-state index contributed by atoms with van der Waals surface area (Å²) < 4.78 is 0. The van der Waals surface area contributed by atoms with Crippen LogP contribution in [0, 0.1) is 61.4 Å². The van der Waals surface area contributed by atoms with Gasteiger partial charge in [0.15, 0.2) is 0 Å². The van der Waals surface area contributed by atoms with Crippen molar-refractivity contribution in [1.82, 2.24) is 0 Å². The van der Waals surface area contributed by atoms with Gasteiger partial charge in [0.2, 0.25) is 0 Å². The molecule has 6 nitrogen and oxygen atoms in total. The van der Waals surface area contributed by atoms with E-state index >= 15 is 0 Å². The Balaban J connectivity index is -0.000000720. The van der Waals surface area contributed by atoms with Crippen LogP contribution in [0.4, 0.5) is 0 Å². The predicted octanol–water partition coefficient (Wildman–Crippen LogP) is 0.0932. The van der Waals surface area contributed by atoms with Gasteiger partial charge in [-0.3, -0.25) is 0 Å². The first kappa shape index (κ1) is 19.1. The summed E-state index contributed by atoms with van der Waals surface area (Å²) in [7, 11) is -6.17. The van der Waals surface area contributed by atoms with Gasteiger partial charge in [-0.2, -0.15) is 0 Å². The van der Waals surface area contributed by atoms with Gasteiger partial charge in [-0.05, 0) is 0 Å². The zero-order valence-electron chi connectivity index (χ0n) is 6.64. The number of hydrogen-bond acceptors (Lipinski definition) is 6. The third kappa shape index (κ3) is 1.70. The molecule has 0 unspecified atom stereocenters. The fourth-order valence-corrected chi connectivity index (χ4v) is 1.09. The molecule has 0 aliphatic carbocycles. The van der Waals surface area contributed by atoms with E-state index in [1.807, 2.05) is 0 Å². The van der Waals surface area contributed by atoms with E-state index in [-0.39, 0.29) is 34.1 Å². The molecule has 0 aromatic rings. The summed E-state index contributed by atoms with van der Waals surface area (Å²) in [5.41, 5.74) is 0. The van der Waals surface area contributed by atoms with Crippen LogP contribution in [0.25, 0.3) is 0 Å². The molecule has 15 heavy (non-hydrogen) atoms. The molecule has 0 heterocycles. The second kappa shape index (κ2) is 4.35.